The van der Waals surface area contributed by atoms with E-state index in [9.17, 15) is 9.59 Å². The number of likely N-dealkylation sites (tertiary alicyclic amines) is 1. The molecule has 0 radical (unpaired) electrons. The van der Waals surface area contributed by atoms with Crippen molar-refractivity contribution >= 4 is 24.1 Å². The Balaban J connectivity index is 0.00000261. The highest BCUT2D eigenvalue weighted by atomic mass is 35.5. The molecule has 1 amide bonds. The number of Topliss-reactive ketones (excluding diaryl/α,β-unsaturated/α-hetero) is 1. The fourth-order valence-corrected chi connectivity index (χ4v) is 3.99. The van der Waals surface area contributed by atoms with Gasteiger partial charge in [0.25, 0.3) is 0 Å². The van der Waals surface area contributed by atoms with Crippen molar-refractivity contribution in [3.05, 3.63) is 23.8 Å². The first kappa shape index (κ1) is 21.5. The SMILES string of the molecule is COc1ccc(C(=O)CCC(=O)N2CCC3(CCNC3)CC2)cc1OC.Cl. The van der Waals surface area contributed by atoms with Gasteiger partial charge in [0.1, 0.15) is 0 Å². The van der Waals surface area contributed by atoms with Crippen molar-refractivity contribution in [2.24, 2.45) is 5.41 Å². The van der Waals surface area contributed by atoms with Crippen molar-refractivity contribution in [3.63, 3.8) is 0 Å². The molecule has 1 aromatic carbocycles. The molecule has 2 fully saturated rings. The maximum absolute atomic E-state index is 12.5. The molecule has 2 saturated heterocycles. The van der Waals surface area contributed by atoms with Gasteiger partial charge in [0, 0.05) is 38.0 Å². The number of carbonyl (C=O) groups is 2. The van der Waals surface area contributed by atoms with Crippen LogP contribution in [0.15, 0.2) is 18.2 Å². The number of nitrogens with one attached hydrogen (secondary N) is 1. The molecule has 0 aromatic heterocycles. The van der Waals surface area contributed by atoms with Crippen molar-refractivity contribution < 1.29 is 19.1 Å². The quantitative estimate of drug-likeness (QED) is 0.749. The number of rotatable bonds is 6. The minimum absolute atomic E-state index is 0. The third-order valence-electron chi connectivity index (χ3n) is 5.78. The molecule has 6 nitrogen and oxygen atoms in total. The van der Waals surface area contributed by atoms with E-state index in [1.807, 2.05) is 4.90 Å². The number of ketones is 1. The van der Waals surface area contributed by atoms with E-state index in [-0.39, 0.29) is 36.9 Å². The number of ether oxygens (including phenoxy) is 2. The van der Waals surface area contributed by atoms with Crippen LogP contribution in [0.25, 0.3) is 0 Å². The predicted molar refractivity (Wildman–Crippen MR) is 106 cm³/mol. The number of hydrogen-bond acceptors (Lipinski definition) is 5. The summed E-state index contributed by atoms with van der Waals surface area (Å²) in [5.74, 6) is 1.15. The second kappa shape index (κ2) is 9.42. The number of hydrogen-bond donors (Lipinski definition) is 1. The van der Waals surface area contributed by atoms with Gasteiger partial charge in [-0.05, 0) is 49.4 Å². The zero-order valence-corrected chi connectivity index (χ0v) is 16.9. The summed E-state index contributed by atoms with van der Waals surface area (Å²) in [5.41, 5.74) is 0.941. The number of amides is 1. The van der Waals surface area contributed by atoms with Crippen LogP contribution in [0.2, 0.25) is 0 Å². The fourth-order valence-electron chi connectivity index (χ4n) is 3.99. The van der Waals surface area contributed by atoms with Crippen LogP contribution < -0.4 is 14.8 Å². The van der Waals surface area contributed by atoms with Gasteiger partial charge in [-0.15, -0.1) is 12.4 Å². The van der Waals surface area contributed by atoms with Crippen LogP contribution in [0.1, 0.15) is 42.5 Å². The third-order valence-corrected chi connectivity index (χ3v) is 5.78. The standard InChI is InChI=1S/C20H28N2O4.ClH/c1-25-17-5-3-15(13-18(17)26-2)16(23)4-6-19(24)22-11-8-20(9-12-22)7-10-21-14-20;/h3,5,13,21H,4,6-12,14H2,1-2H3;1H. The molecule has 0 aliphatic carbocycles. The first-order chi connectivity index (χ1) is 12.6. The first-order valence-corrected chi connectivity index (χ1v) is 9.31. The van der Waals surface area contributed by atoms with E-state index in [4.69, 9.17) is 9.47 Å². The summed E-state index contributed by atoms with van der Waals surface area (Å²) in [6.45, 7) is 3.79. The molecule has 0 bridgehead atoms. The lowest BCUT2D eigenvalue weighted by Gasteiger charge is -2.39. The van der Waals surface area contributed by atoms with E-state index in [0.717, 1.165) is 39.0 Å². The summed E-state index contributed by atoms with van der Waals surface area (Å²) in [6.07, 6.45) is 3.83. The number of methoxy groups -OCH3 is 2. The van der Waals surface area contributed by atoms with E-state index in [1.54, 1.807) is 32.4 Å². The Labute approximate surface area is 167 Å². The minimum atomic E-state index is -0.0484. The Bertz CT molecular complexity index is 664. The average molecular weight is 397 g/mol. The van der Waals surface area contributed by atoms with Gasteiger partial charge >= 0.3 is 0 Å². The molecule has 0 saturated carbocycles. The largest absolute Gasteiger partial charge is 0.493 e. The number of nitrogens with zero attached hydrogens (tertiary/aromatic N) is 1. The highest BCUT2D eigenvalue weighted by Gasteiger charge is 2.37. The van der Waals surface area contributed by atoms with Gasteiger partial charge in [-0.1, -0.05) is 0 Å². The van der Waals surface area contributed by atoms with E-state index < -0.39 is 0 Å². The monoisotopic (exact) mass is 396 g/mol. The first-order valence-electron chi connectivity index (χ1n) is 9.31. The van der Waals surface area contributed by atoms with Crippen molar-refractivity contribution in [2.75, 3.05) is 40.4 Å². The lowest BCUT2D eigenvalue weighted by Crippen LogP contribution is -2.44. The van der Waals surface area contributed by atoms with Crippen LogP contribution in [0.4, 0.5) is 0 Å². The topological polar surface area (TPSA) is 67.9 Å². The second-order valence-corrected chi connectivity index (χ2v) is 7.30. The van der Waals surface area contributed by atoms with Crippen LogP contribution in [0, 0.1) is 5.41 Å². The van der Waals surface area contributed by atoms with Crippen molar-refractivity contribution in [2.45, 2.75) is 32.1 Å². The average Bonchev–Trinajstić information content (AvgIpc) is 3.13. The van der Waals surface area contributed by atoms with Crippen LogP contribution in [0.3, 0.4) is 0 Å². The lowest BCUT2D eigenvalue weighted by atomic mass is 9.78. The summed E-state index contributed by atoms with van der Waals surface area (Å²) in [5, 5.41) is 3.44. The molecule has 0 atom stereocenters. The molecule has 1 N–H and O–H groups in total. The van der Waals surface area contributed by atoms with E-state index in [0.29, 0.717) is 22.5 Å². The molecule has 0 unspecified atom stereocenters. The van der Waals surface area contributed by atoms with Crippen molar-refractivity contribution in [1.29, 1.82) is 0 Å². The highest BCUT2D eigenvalue weighted by molar-refractivity contribution is 5.98. The van der Waals surface area contributed by atoms with Crippen LogP contribution in [-0.2, 0) is 4.79 Å². The maximum Gasteiger partial charge on any atom is 0.223 e. The Morgan fingerprint density at radius 3 is 2.37 bits per heavy atom. The molecular weight excluding hydrogens is 368 g/mol. The van der Waals surface area contributed by atoms with Gasteiger partial charge in [0.2, 0.25) is 5.91 Å². The lowest BCUT2D eigenvalue weighted by molar-refractivity contribution is -0.133. The van der Waals surface area contributed by atoms with Gasteiger partial charge in [-0.2, -0.15) is 0 Å². The zero-order chi connectivity index (χ0) is 18.6. The van der Waals surface area contributed by atoms with Crippen LogP contribution in [-0.4, -0.2) is 57.0 Å². The third kappa shape index (κ3) is 4.93. The molecule has 2 aliphatic rings. The minimum Gasteiger partial charge on any atom is -0.493 e. The Kier molecular flexibility index (Phi) is 7.50. The highest BCUT2D eigenvalue weighted by Crippen LogP contribution is 2.37. The van der Waals surface area contributed by atoms with E-state index in [2.05, 4.69) is 5.32 Å². The summed E-state index contributed by atoms with van der Waals surface area (Å²) in [4.78, 5) is 26.8. The number of piperidine rings is 1. The summed E-state index contributed by atoms with van der Waals surface area (Å²) in [7, 11) is 3.10. The number of carbonyl (C=O) groups excluding carboxylic acids is 2. The zero-order valence-electron chi connectivity index (χ0n) is 16.1. The summed E-state index contributed by atoms with van der Waals surface area (Å²) >= 11 is 0. The van der Waals surface area contributed by atoms with Gasteiger partial charge in [-0.3, -0.25) is 9.59 Å². The summed E-state index contributed by atoms with van der Waals surface area (Å²) < 4.78 is 10.4. The Morgan fingerprint density at radius 2 is 1.78 bits per heavy atom. The van der Waals surface area contributed by atoms with Crippen molar-refractivity contribution in [3.8, 4) is 11.5 Å². The summed E-state index contributed by atoms with van der Waals surface area (Å²) in [6, 6.07) is 5.10. The number of benzene rings is 1. The normalized spacial score (nSPS) is 18.1. The van der Waals surface area contributed by atoms with Gasteiger partial charge < -0.3 is 19.7 Å². The van der Waals surface area contributed by atoms with Crippen molar-refractivity contribution in [1.82, 2.24) is 10.2 Å². The fraction of sp³-hybridized carbons (Fsp3) is 0.600. The molecule has 150 valence electrons. The molecule has 1 aromatic rings. The Morgan fingerprint density at radius 1 is 1.07 bits per heavy atom. The molecule has 1 spiro atoms. The van der Waals surface area contributed by atoms with E-state index >= 15 is 0 Å². The van der Waals surface area contributed by atoms with E-state index in [1.165, 1.54) is 6.42 Å². The number of halogens is 1. The smallest absolute Gasteiger partial charge is 0.223 e. The second-order valence-electron chi connectivity index (χ2n) is 7.30. The Hall–Kier alpha value is -1.79. The molecular formula is C20H29ClN2O4. The van der Waals surface area contributed by atoms with Gasteiger partial charge in [0.15, 0.2) is 17.3 Å². The predicted octanol–water partition coefficient (Wildman–Crippen LogP) is 2.69. The van der Waals surface area contributed by atoms with Gasteiger partial charge in [-0.25, -0.2) is 0 Å². The molecule has 2 aliphatic heterocycles. The molecule has 2 heterocycles. The molecule has 27 heavy (non-hydrogen) atoms. The van der Waals surface area contributed by atoms with Crippen LogP contribution in [0.5, 0.6) is 11.5 Å². The molecule has 7 heteroatoms. The maximum atomic E-state index is 12.5. The molecule has 3 rings (SSSR count). The van der Waals surface area contributed by atoms with Crippen LogP contribution >= 0.6 is 12.4 Å². The van der Waals surface area contributed by atoms with Gasteiger partial charge in [0.05, 0.1) is 14.2 Å².